The molecule has 0 atom stereocenters. The predicted molar refractivity (Wildman–Crippen MR) is 83.4 cm³/mol. The smallest absolute Gasteiger partial charge is 0.227 e. The summed E-state index contributed by atoms with van der Waals surface area (Å²) in [6, 6.07) is 7.65. The summed E-state index contributed by atoms with van der Waals surface area (Å²) < 4.78 is 11.6. The van der Waals surface area contributed by atoms with Gasteiger partial charge < -0.3 is 9.26 Å². The minimum absolute atomic E-state index is 0.570. The summed E-state index contributed by atoms with van der Waals surface area (Å²) in [4.78, 5) is 9.48. The van der Waals surface area contributed by atoms with Gasteiger partial charge in [0.1, 0.15) is 4.60 Å². The molecule has 0 amide bonds. The maximum atomic E-state index is 5.64. The molecule has 21 heavy (non-hydrogen) atoms. The van der Waals surface area contributed by atoms with Crippen LogP contribution in [-0.4, -0.2) is 21.7 Å². The summed E-state index contributed by atoms with van der Waals surface area (Å²) >= 11 is 4.94. The van der Waals surface area contributed by atoms with Crippen molar-refractivity contribution in [2.24, 2.45) is 0 Å². The Balaban J connectivity index is 1.49. The van der Waals surface area contributed by atoms with Crippen LogP contribution in [0, 0.1) is 0 Å². The monoisotopic (exact) mass is 365 g/mol. The fraction of sp³-hybridized carbons (Fsp3) is 0.214. The van der Waals surface area contributed by atoms with Gasteiger partial charge in [0.2, 0.25) is 11.7 Å². The number of hydrogen-bond acceptors (Lipinski definition) is 6. The molecule has 3 aromatic heterocycles. The van der Waals surface area contributed by atoms with Gasteiger partial charge in [0.25, 0.3) is 0 Å². The van der Waals surface area contributed by atoms with E-state index in [1.54, 1.807) is 17.5 Å². The van der Waals surface area contributed by atoms with Gasteiger partial charge in [-0.2, -0.15) is 4.98 Å². The molecule has 0 bridgehead atoms. The number of thiophene rings is 1. The third kappa shape index (κ3) is 3.68. The molecular weight excluding hydrogens is 354 g/mol. The van der Waals surface area contributed by atoms with E-state index in [0.29, 0.717) is 29.3 Å². The SMILES string of the molecule is Brc1ncccc1OCCCc1nc(-c2cccs2)no1. The number of halogens is 1. The lowest BCUT2D eigenvalue weighted by atomic mass is 10.3. The van der Waals surface area contributed by atoms with Crippen molar-refractivity contribution in [3.8, 4) is 16.5 Å². The van der Waals surface area contributed by atoms with Gasteiger partial charge in [-0.15, -0.1) is 11.3 Å². The van der Waals surface area contributed by atoms with Crippen LogP contribution in [0.2, 0.25) is 0 Å². The molecule has 7 heteroatoms. The quantitative estimate of drug-likeness (QED) is 0.488. The van der Waals surface area contributed by atoms with Crippen LogP contribution in [0.3, 0.4) is 0 Å². The highest BCUT2D eigenvalue weighted by atomic mass is 79.9. The molecule has 0 aliphatic carbocycles. The highest BCUT2D eigenvalue weighted by Gasteiger charge is 2.09. The maximum Gasteiger partial charge on any atom is 0.227 e. The van der Waals surface area contributed by atoms with E-state index in [0.717, 1.165) is 17.0 Å². The topological polar surface area (TPSA) is 61.0 Å². The molecular formula is C14H12BrN3O2S. The van der Waals surface area contributed by atoms with Crippen LogP contribution in [0.25, 0.3) is 10.7 Å². The van der Waals surface area contributed by atoms with Crippen LogP contribution in [-0.2, 0) is 6.42 Å². The first-order chi connectivity index (χ1) is 10.3. The Hall–Kier alpha value is -1.73. The van der Waals surface area contributed by atoms with E-state index in [-0.39, 0.29) is 0 Å². The molecule has 108 valence electrons. The fourth-order valence-electron chi connectivity index (χ4n) is 1.75. The molecule has 0 radical (unpaired) electrons. The van der Waals surface area contributed by atoms with E-state index in [9.17, 15) is 0 Å². The summed E-state index contributed by atoms with van der Waals surface area (Å²) in [6.07, 6.45) is 3.20. The number of aromatic nitrogens is 3. The van der Waals surface area contributed by atoms with Crippen molar-refractivity contribution >= 4 is 27.3 Å². The van der Waals surface area contributed by atoms with Crippen molar-refractivity contribution in [3.05, 3.63) is 46.3 Å². The second kappa shape index (κ2) is 6.82. The van der Waals surface area contributed by atoms with E-state index in [4.69, 9.17) is 9.26 Å². The first kappa shape index (κ1) is 14.2. The number of hydrogen-bond donors (Lipinski definition) is 0. The van der Waals surface area contributed by atoms with Crippen LogP contribution in [0.5, 0.6) is 5.75 Å². The van der Waals surface area contributed by atoms with Gasteiger partial charge in [0.15, 0.2) is 5.75 Å². The summed E-state index contributed by atoms with van der Waals surface area (Å²) in [5.74, 6) is 2.02. The Bertz CT molecular complexity index is 700. The molecule has 0 aliphatic heterocycles. The summed E-state index contributed by atoms with van der Waals surface area (Å²) in [5.41, 5.74) is 0. The summed E-state index contributed by atoms with van der Waals surface area (Å²) in [5, 5.41) is 5.97. The Morgan fingerprint density at radius 1 is 1.29 bits per heavy atom. The van der Waals surface area contributed by atoms with Gasteiger partial charge in [0.05, 0.1) is 11.5 Å². The van der Waals surface area contributed by atoms with Crippen molar-refractivity contribution in [3.63, 3.8) is 0 Å². The molecule has 3 rings (SSSR count). The standard InChI is InChI=1S/C14H12BrN3O2S/c15-13-10(4-1-7-16-13)19-8-2-6-12-17-14(18-20-12)11-5-3-9-21-11/h1,3-5,7,9H,2,6,8H2. The number of nitrogens with zero attached hydrogens (tertiary/aromatic N) is 3. The average Bonchev–Trinajstić information content (AvgIpc) is 3.16. The molecule has 0 saturated carbocycles. The second-order valence-electron chi connectivity index (χ2n) is 4.23. The normalized spacial score (nSPS) is 10.7. The van der Waals surface area contributed by atoms with Gasteiger partial charge in [-0.25, -0.2) is 4.98 Å². The number of aryl methyl sites for hydroxylation is 1. The molecule has 0 N–H and O–H groups in total. The minimum atomic E-state index is 0.570. The number of ether oxygens (including phenoxy) is 1. The molecule has 0 aromatic carbocycles. The van der Waals surface area contributed by atoms with E-state index in [2.05, 4.69) is 31.1 Å². The Morgan fingerprint density at radius 3 is 3.05 bits per heavy atom. The summed E-state index contributed by atoms with van der Waals surface area (Å²) in [7, 11) is 0. The Kier molecular flexibility index (Phi) is 4.62. The molecule has 3 heterocycles. The van der Waals surface area contributed by atoms with Crippen LogP contribution >= 0.6 is 27.3 Å². The fourth-order valence-corrected chi connectivity index (χ4v) is 2.76. The molecule has 0 saturated heterocycles. The maximum absolute atomic E-state index is 5.64. The van der Waals surface area contributed by atoms with Gasteiger partial charge >= 0.3 is 0 Å². The third-order valence-electron chi connectivity index (χ3n) is 2.73. The lowest BCUT2D eigenvalue weighted by Crippen LogP contribution is -2.00. The minimum Gasteiger partial charge on any atom is -0.491 e. The lowest BCUT2D eigenvalue weighted by Gasteiger charge is -2.05. The Morgan fingerprint density at radius 2 is 2.24 bits per heavy atom. The number of rotatable bonds is 6. The average molecular weight is 366 g/mol. The van der Waals surface area contributed by atoms with Crippen molar-refractivity contribution in [1.29, 1.82) is 0 Å². The van der Waals surface area contributed by atoms with Crippen molar-refractivity contribution < 1.29 is 9.26 Å². The van der Waals surface area contributed by atoms with E-state index < -0.39 is 0 Å². The van der Waals surface area contributed by atoms with Crippen molar-refractivity contribution in [2.45, 2.75) is 12.8 Å². The van der Waals surface area contributed by atoms with Gasteiger partial charge in [-0.05, 0) is 45.9 Å². The zero-order valence-electron chi connectivity index (χ0n) is 11.0. The highest BCUT2D eigenvalue weighted by molar-refractivity contribution is 9.10. The van der Waals surface area contributed by atoms with Crippen LogP contribution in [0.1, 0.15) is 12.3 Å². The van der Waals surface area contributed by atoms with Crippen LogP contribution < -0.4 is 4.74 Å². The molecule has 0 aliphatic rings. The highest BCUT2D eigenvalue weighted by Crippen LogP contribution is 2.22. The predicted octanol–water partition coefficient (Wildman–Crippen LogP) is 3.97. The van der Waals surface area contributed by atoms with Gasteiger partial charge in [-0.3, -0.25) is 0 Å². The second-order valence-corrected chi connectivity index (χ2v) is 5.93. The summed E-state index contributed by atoms with van der Waals surface area (Å²) in [6.45, 7) is 0.570. The van der Waals surface area contributed by atoms with Gasteiger partial charge in [-0.1, -0.05) is 11.2 Å². The molecule has 0 spiro atoms. The molecule has 5 nitrogen and oxygen atoms in total. The number of pyridine rings is 1. The van der Waals surface area contributed by atoms with Crippen molar-refractivity contribution in [1.82, 2.24) is 15.1 Å². The van der Waals surface area contributed by atoms with E-state index in [1.807, 2.05) is 29.6 Å². The lowest BCUT2D eigenvalue weighted by molar-refractivity contribution is 0.295. The largest absolute Gasteiger partial charge is 0.491 e. The molecule has 0 fully saturated rings. The van der Waals surface area contributed by atoms with E-state index in [1.165, 1.54) is 0 Å². The van der Waals surface area contributed by atoms with Crippen molar-refractivity contribution in [2.75, 3.05) is 6.61 Å². The zero-order chi connectivity index (χ0) is 14.5. The Labute approximate surface area is 134 Å². The zero-order valence-corrected chi connectivity index (χ0v) is 13.4. The molecule has 0 unspecified atom stereocenters. The van der Waals surface area contributed by atoms with Crippen LogP contribution in [0.4, 0.5) is 0 Å². The van der Waals surface area contributed by atoms with E-state index >= 15 is 0 Å². The third-order valence-corrected chi connectivity index (χ3v) is 4.19. The first-order valence-electron chi connectivity index (χ1n) is 6.43. The van der Waals surface area contributed by atoms with Gasteiger partial charge in [0, 0.05) is 12.6 Å². The molecule has 3 aromatic rings. The van der Waals surface area contributed by atoms with Crippen LogP contribution in [0.15, 0.2) is 45.0 Å². The first-order valence-corrected chi connectivity index (χ1v) is 8.10.